The molecule has 4 aromatic rings. The zero-order chi connectivity index (χ0) is 17.8. The highest BCUT2D eigenvalue weighted by Crippen LogP contribution is 2.20. The number of para-hydroxylation sites is 2. The van der Waals surface area contributed by atoms with Crippen molar-refractivity contribution < 1.29 is 0 Å². The van der Waals surface area contributed by atoms with Crippen molar-refractivity contribution in [2.75, 3.05) is 5.43 Å². The van der Waals surface area contributed by atoms with Crippen LogP contribution in [0, 0.1) is 0 Å². The van der Waals surface area contributed by atoms with Crippen LogP contribution in [0.1, 0.15) is 23.1 Å². The van der Waals surface area contributed by atoms with Crippen molar-refractivity contribution in [3.63, 3.8) is 0 Å². The summed E-state index contributed by atoms with van der Waals surface area (Å²) in [6.07, 6.45) is 0.703. The molecular formula is C21H18N4S. The van der Waals surface area contributed by atoms with Gasteiger partial charge in [0.15, 0.2) is 5.82 Å². The van der Waals surface area contributed by atoms with Crippen molar-refractivity contribution in [2.45, 2.75) is 13.3 Å². The van der Waals surface area contributed by atoms with E-state index in [1.165, 1.54) is 5.56 Å². The molecule has 0 amide bonds. The predicted molar refractivity (Wildman–Crippen MR) is 109 cm³/mol. The summed E-state index contributed by atoms with van der Waals surface area (Å²) in [7, 11) is 0. The SMILES string of the molecule is C/C(=N\Nc1nc2ccccc2nc1Cc1ccccc1)c1cccs1. The van der Waals surface area contributed by atoms with Gasteiger partial charge in [-0.2, -0.15) is 5.10 Å². The van der Waals surface area contributed by atoms with E-state index >= 15 is 0 Å². The number of hydrogen-bond acceptors (Lipinski definition) is 5. The number of benzene rings is 2. The fraction of sp³-hybridized carbons (Fsp3) is 0.0952. The molecule has 2 aromatic heterocycles. The minimum Gasteiger partial charge on any atom is -0.260 e. The second-order valence-electron chi connectivity index (χ2n) is 5.96. The number of thiophene rings is 1. The van der Waals surface area contributed by atoms with Crippen molar-refractivity contribution in [2.24, 2.45) is 5.10 Å². The molecule has 0 atom stereocenters. The van der Waals surface area contributed by atoms with Gasteiger partial charge in [-0.15, -0.1) is 11.3 Å². The number of nitrogens with one attached hydrogen (secondary N) is 1. The van der Waals surface area contributed by atoms with Crippen LogP contribution in [0.4, 0.5) is 5.82 Å². The third kappa shape index (κ3) is 3.63. The minimum absolute atomic E-state index is 0.698. The van der Waals surface area contributed by atoms with Crippen molar-refractivity contribution >= 4 is 33.9 Å². The second kappa shape index (κ2) is 7.45. The Morgan fingerprint density at radius 2 is 1.65 bits per heavy atom. The maximum Gasteiger partial charge on any atom is 0.169 e. The van der Waals surface area contributed by atoms with E-state index in [4.69, 9.17) is 9.97 Å². The third-order valence-corrected chi connectivity index (χ3v) is 5.04. The van der Waals surface area contributed by atoms with E-state index in [0.717, 1.165) is 27.3 Å². The van der Waals surface area contributed by atoms with Gasteiger partial charge in [0.05, 0.1) is 22.4 Å². The average molecular weight is 358 g/mol. The molecule has 0 radical (unpaired) electrons. The smallest absolute Gasteiger partial charge is 0.169 e. The summed E-state index contributed by atoms with van der Waals surface area (Å²) in [5.41, 5.74) is 7.89. The lowest BCUT2D eigenvalue weighted by molar-refractivity contribution is 1.05. The monoisotopic (exact) mass is 358 g/mol. The van der Waals surface area contributed by atoms with E-state index in [9.17, 15) is 0 Å². The summed E-state index contributed by atoms with van der Waals surface area (Å²) < 4.78 is 0. The predicted octanol–water partition coefficient (Wildman–Crippen LogP) is 5.12. The van der Waals surface area contributed by atoms with E-state index in [0.29, 0.717) is 12.2 Å². The topological polar surface area (TPSA) is 50.2 Å². The van der Waals surface area contributed by atoms with Crippen LogP contribution in [0.25, 0.3) is 11.0 Å². The van der Waals surface area contributed by atoms with E-state index < -0.39 is 0 Å². The Bertz CT molecular complexity index is 1040. The molecular weight excluding hydrogens is 340 g/mol. The summed E-state index contributed by atoms with van der Waals surface area (Å²) >= 11 is 1.67. The molecule has 0 saturated carbocycles. The summed E-state index contributed by atoms with van der Waals surface area (Å²) in [5, 5.41) is 6.57. The second-order valence-corrected chi connectivity index (χ2v) is 6.90. The summed E-state index contributed by atoms with van der Waals surface area (Å²) in [6.45, 7) is 1.99. The Morgan fingerprint density at radius 3 is 2.38 bits per heavy atom. The van der Waals surface area contributed by atoms with Crippen molar-refractivity contribution in [1.82, 2.24) is 9.97 Å². The normalized spacial score (nSPS) is 11.7. The highest BCUT2D eigenvalue weighted by molar-refractivity contribution is 7.12. The quantitative estimate of drug-likeness (QED) is 0.398. The molecule has 128 valence electrons. The van der Waals surface area contributed by atoms with Crippen LogP contribution in [0.2, 0.25) is 0 Å². The molecule has 26 heavy (non-hydrogen) atoms. The van der Waals surface area contributed by atoms with Gasteiger partial charge in [0.2, 0.25) is 0 Å². The van der Waals surface area contributed by atoms with Gasteiger partial charge >= 0.3 is 0 Å². The highest BCUT2D eigenvalue weighted by Gasteiger charge is 2.10. The average Bonchev–Trinajstić information content (AvgIpc) is 3.22. The molecule has 0 saturated heterocycles. The highest BCUT2D eigenvalue weighted by atomic mass is 32.1. The molecule has 4 nitrogen and oxygen atoms in total. The number of hydrogen-bond donors (Lipinski definition) is 1. The largest absolute Gasteiger partial charge is 0.260 e. The summed E-state index contributed by atoms with van der Waals surface area (Å²) in [4.78, 5) is 10.7. The van der Waals surface area contributed by atoms with E-state index in [2.05, 4.69) is 28.7 Å². The molecule has 0 unspecified atom stereocenters. The summed E-state index contributed by atoms with van der Waals surface area (Å²) in [6, 6.07) is 22.3. The van der Waals surface area contributed by atoms with Crippen molar-refractivity contribution in [3.8, 4) is 0 Å². The number of anilines is 1. The Labute approximate surface area is 156 Å². The number of nitrogens with zero attached hydrogens (tertiary/aromatic N) is 3. The van der Waals surface area contributed by atoms with Gasteiger partial charge in [-0.1, -0.05) is 48.5 Å². The van der Waals surface area contributed by atoms with Gasteiger partial charge in [-0.25, -0.2) is 9.97 Å². The first-order valence-electron chi connectivity index (χ1n) is 8.43. The van der Waals surface area contributed by atoms with E-state index in [1.807, 2.05) is 60.8 Å². The number of fused-ring (bicyclic) bond motifs is 1. The molecule has 0 aliphatic rings. The maximum atomic E-state index is 4.82. The molecule has 0 spiro atoms. The first-order chi connectivity index (χ1) is 12.8. The Morgan fingerprint density at radius 1 is 0.923 bits per heavy atom. The van der Waals surface area contributed by atoms with Gasteiger partial charge in [0, 0.05) is 11.3 Å². The number of hydrazone groups is 1. The van der Waals surface area contributed by atoms with Crippen LogP contribution < -0.4 is 5.43 Å². The molecule has 5 heteroatoms. The van der Waals surface area contributed by atoms with E-state index in [-0.39, 0.29) is 0 Å². The van der Waals surface area contributed by atoms with Gasteiger partial charge in [-0.3, -0.25) is 5.43 Å². The molecule has 4 rings (SSSR count). The van der Waals surface area contributed by atoms with Gasteiger partial charge in [0.1, 0.15) is 0 Å². The van der Waals surface area contributed by atoms with Crippen LogP contribution in [0.3, 0.4) is 0 Å². The standard InChI is InChI=1S/C21H18N4S/c1-15(20-12-7-13-26-20)24-25-21-19(14-16-8-3-2-4-9-16)22-17-10-5-6-11-18(17)23-21/h2-13H,14H2,1H3,(H,23,25)/b24-15+. The van der Waals surface area contributed by atoms with E-state index in [1.54, 1.807) is 11.3 Å². The first-order valence-corrected chi connectivity index (χ1v) is 9.31. The Kier molecular flexibility index (Phi) is 4.71. The minimum atomic E-state index is 0.698. The molecule has 0 aliphatic carbocycles. The van der Waals surface area contributed by atoms with Gasteiger partial charge < -0.3 is 0 Å². The fourth-order valence-electron chi connectivity index (χ4n) is 2.71. The van der Waals surface area contributed by atoms with Crippen LogP contribution in [0.5, 0.6) is 0 Å². The zero-order valence-electron chi connectivity index (χ0n) is 14.4. The van der Waals surface area contributed by atoms with Crippen LogP contribution >= 0.6 is 11.3 Å². The first kappa shape index (κ1) is 16.4. The Hall–Kier alpha value is -3.05. The molecule has 0 aliphatic heterocycles. The van der Waals surface area contributed by atoms with Crippen LogP contribution in [0.15, 0.2) is 77.2 Å². The molecule has 1 N–H and O–H groups in total. The lowest BCUT2D eigenvalue weighted by Gasteiger charge is -2.10. The molecule has 0 bridgehead atoms. The van der Waals surface area contributed by atoms with Gasteiger partial charge in [0.25, 0.3) is 0 Å². The van der Waals surface area contributed by atoms with Crippen molar-refractivity contribution in [1.29, 1.82) is 0 Å². The maximum absolute atomic E-state index is 4.82. The molecule has 2 heterocycles. The van der Waals surface area contributed by atoms with Crippen molar-refractivity contribution in [3.05, 3.63) is 88.2 Å². The molecule has 2 aromatic carbocycles. The van der Waals surface area contributed by atoms with Crippen LogP contribution in [-0.2, 0) is 6.42 Å². The Balaban J connectivity index is 1.71. The lowest BCUT2D eigenvalue weighted by atomic mass is 10.1. The number of aromatic nitrogens is 2. The molecule has 0 fully saturated rings. The van der Waals surface area contributed by atoms with Gasteiger partial charge in [-0.05, 0) is 36.1 Å². The third-order valence-electron chi connectivity index (χ3n) is 4.06. The summed E-state index contributed by atoms with van der Waals surface area (Å²) in [5.74, 6) is 0.698. The zero-order valence-corrected chi connectivity index (χ0v) is 15.2. The fourth-order valence-corrected chi connectivity index (χ4v) is 3.39. The number of rotatable bonds is 5. The van der Waals surface area contributed by atoms with Crippen LogP contribution in [-0.4, -0.2) is 15.7 Å². The lowest BCUT2D eigenvalue weighted by Crippen LogP contribution is -2.05.